The van der Waals surface area contributed by atoms with Crippen molar-refractivity contribution < 1.29 is 10.9 Å². The first-order valence-electron chi connectivity index (χ1n) is 8.42. The Morgan fingerprint density at radius 1 is 1.25 bits per heavy atom. The Bertz CT molecular complexity index is 327. The molecule has 2 N–H and O–H groups in total. The highest BCUT2D eigenvalue weighted by molar-refractivity contribution is 5.81. The molecule has 5 heteroatoms. The lowest BCUT2D eigenvalue weighted by Gasteiger charge is -2.39. The molecule has 1 atom stereocenters. The first-order valence-corrected chi connectivity index (χ1v) is 7.71. The minimum Gasteiger partial charge on any atom is -0.383 e. The van der Waals surface area contributed by atoms with Crippen molar-refractivity contribution in [2.75, 3.05) is 46.9 Å². The maximum atomic E-state index is 12.2. The van der Waals surface area contributed by atoms with Crippen molar-refractivity contribution in [3.63, 3.8) is 0 Å². The number of carbonyl (C=O) groups excluding carboxylic acids is 1. The Balaban J connectivity index is 1.73. The molecule has 0 spiro atoms. The van der Waals surface area contributed by atoms with Crippen LogP contribution < -0.4 is 5.73 Å². The van der Waals surface area contributed by atoms with Crippen LogP contribution in [-0.4, -0.2) is 68.7 Å². The molecule has 0 saturated carbocycles. The summed E-state index contributed by atoms with van der Waals surface area (Å²) in [6.45, 7) is 4.21. The van der Waals surface area contributed by atoms with Gasteiger partial charge in [-0.1, -0.05) is 0 Å². The Kier molecular flexibility index (Phi) is 5.28. The van der Waals surface area contributed by atoms with Crippen LogP contribution in [-0.2, 0) is 9.53 Å². The zero-order valence-electron chi connectivity index (χ0n) is 13.6. The van der Waals surface area contributed by atoms with Crippen molar-refractivity contribution in [3.8, 4) is 0 Å². The van der Waals surface area contributed by atoms with Gasteiger partial charge in [0.15, 0.2) is 0 Å². The van der Waals surface area contributed by atoms with Crippen LogP contribution in [0.5, 0.6) is 0 Å². The topological polar surface area (TPSA) is 58.8 Å². The first-order chi connectivity index (χ1) is 10.1. The van der Waals surface area contributed by atoms with Gasteiger partial charge in [0.05, 0.1) is 7.98 Å². The van der Waals surface area contributed by atoms with Crippen molar-refractivity contribution in [3.05, 3.63) is 0 Å². The fourth-order valence-electron chi connectivity index (χ4n) is 3.52. The number of nitrogens with two attached hydrogens (primary N) is 1. The molecule has 0 bridgehead atoms. The third kappa shape index (κ3) is 3.93. The zero-order chi connectivity index (χ0) is 15.2. The monoisotopic (exact) mass is 284 g/mol. The number of hydrogen-bond acceptors (Lipinski definition) is 4. The van der Waals surface area contributed by atoms with Crippen LogP contribution in [0.3, 0.4) is 0 Å². The van der Waals surface area contributed by atoms with Crippen LogP contribution in [0.15, 0.2) is 0 Å². The molecule has 2 rings (SSSR count). The molecule has 0 aromatic carbocycles. The van der Waals surface area contributed by atoms with E-state index in [4.69, 9.17) is 11.8 Å². The average Bonchev–Trinajstić information content (AvgIpc) is 2.53. The second-order valence-corrected chi connectivity index (χ2v) is 6.28. The fourth-order valence-corrected chi connectivity index (χ4v) is 3.52. The highest BCUT2D eigenvalue weighted by atomic mass is 16.5. The van der Waals surface area contributed by atoms with E-state index >= 15 is 0 Å². The molecular weight excluding hydrogens is 254 g/mol. The minimum absolute atomic E-state index is 0.0229. The SMILES string of the molecule is [2H]COC[C@H](N)C(=O)N1CCC(C2CCN(C)CC2)CC1. The van der Waals surface area contributed by atoms with Crippen molar-refractivity contribution in [1.29, 1.82) is 0 Å². The number of amides is 1. The molecule has 0 aromatic rings. The summed E-state index contributed by atoms with van der Waals surface area (Å²) >= 11 is 0. The molecule has 1 amide bonds. The van der Waals surface area contributed by atoms with Gasteiger partial charge in [0.25, 0.3) is 0 Å². The number of carbonyl (C=O) groups is 1. The van der Waals surface area contributed by atoms with Crippen LogP contribution in [0.1, 0.15) is 27.1 Å². The molecule has 0 unspecified atom stereocenters. The lowest BCUT2D eigenvalue weighted by Crippen LogP contribution is -2.49. The van der Waals surface area contributed by atoms with E-state index in [-0.39, 0.29) is 19.6 Å². The van der Waals surface area contributed by atoms with E-state index in [2.05, 4.69) is 11.9 Å². The third-order valence-corrected chi connectivity index (χ3v) is 4.90. The molecule has 116 valence electrons. The lowest BCUT2D eigenvalue weighted by atomic mass is 9.79. The van der Waals surface area contributed by atoms with Gasteiger partial charge in [-0.15, -0.1) is 0 Å². The summed E-state index contributed by atoms with van der Waals surface area (Å²) in [6, 6.07) is -0.616. The van der Waals surface area contributed by atoms with E-state index in [1.807, 2.05) is 4.90 Å². The molecule has 20 heavy (non-hydrogen) atoms. The largest absolute Gasteiger partial charge is 0.383 e. The average molecular weight is 284 g/mol. The number of rotatable bonds is 4. The standard InChI is InChI=1S/C15H29N3O2/c1-17-7-3-12(4-8-17)13-5-9-18(10-6-13)15(19)14(16)11-20-2/h12-14H,3-11,16H2,1-2H3/t14-/m0/s1/i2D. The number of hydrogen-bond donors (Lipinski definition) is 1. The molecule has 2 saturated heterocycles. The highest BCUT2D eigenvalue weighted by Gasteiger charge is 2.31. The van der Waals surface area contributed by atoms with Crippen LogP contribution in [0.4, 0.5) is 0 Å². The quantitative estimate of drug-likeness (QED) is 0.818. The van der Waals surface area contributed by atoms with Crippen LogP contribution >= 0.6 is 0 Å². The number of piperidine rings is 2. The van der Waals surface area contributed by atoms with Crippen molar-refractivity contribution in [2.24, 2.45) is 17.6 Å². The molecule has 5 nitrogen and oxygen atoms in total. The molecule has 2 aliphatic rings. The molecule has 0 radical (unpaired) electrons. The Hall–Kier alpha value is -0.650. The van der Waals surface area contributed by atoms with E-state index < -0.39 is 6.04 Å². The van der Waals surface area contributed by atoms with Crippen molar-refractivity contribution in [1.82, 2.24) is 9.80 Å². The minimum atomic E-state index is -0.616. The summed E-state index contributed by atoms with van der Waals surface area (Å²) in [4.78, 5) is 16.5. The molecule has 2 fully saturated rings. The summed E-state index contributed by atoms with van der Waals surface area (Å²) in [7, 11) is 2.05. The maximum Gasteiger partial charge on any atom is 0.241 e. The van der Waals surface area contributed by atoms with Gasteiger partial charge in [0.1, 0.15) is 6.04 Å². The Morgan fingerprint density at radius 3 is 2.35 bits per heavy atom. The van der Waals surface area contributed by atoms with Gasteiger partial charge >= 0.3 is 0 Å². The van der Waals surface area contributed by atoms with E-state index in [1.54, 1.807) is 0 Å². The number of nitrogens with zero attached hydrogens (tertiary/aromatic N) is 2. The predicted octanol–water partition coefficient (Wildman–Crippen LogP) is 0.541. The number of likely N-dealkylation sites (tertiary alicyclic amines) is 2. The Morgan fingerprint density at radius 2 is 1.80 bits per heavy atom. The second-order valence-electron chi connectivity index (χ2n) is 6.28. The van der Waals surface area contributed by atoms with Gasteiger partial charge < -0.3 is 20.3 Å². The van der Waals surface area contributed by atoms with Gasteiger partial charge in [-0.05, 0) is 57.7 Å². The summed E-state index contributed by atoms with van der Waals surface area (Å²) in [5.41, 5.74) is 5.82. The molecule has 0 aromatic heterocycles. The van der Waals surface area contributed by atoms with E-state index in [0.717, 1.165) is 37.8 Å². The highest BCUT2D eigenvalue weighted by Crippen LogP contribution is 2.32. The van der Waals surface area contributed by atoms with Crippen LogP contribution in [0.2, 0.25) is 0 Å². The maximum absolute atomic E-state index is 12.2. The van der Waals surface area contributed by atoms with Crippen molar-refractivity contribution >= 4 is 5.91 Å². The van der Waals surface area contributed by atoms with Gasteiger partial charge in [-0.3, -0.25) is 4.79 Å². The molecule has 0 aliphatic carbocycles. The number of methoxy groups -OCH3 is 1. The summed E-state index contributed by atoms with van der Waals surface area (Å²) in [5.74, 6) is 1.58. The first kappa shape index (κ1) is 14.3. The smallest absolute Gasteiger partial charge is 0.241 e. The molecule has 2 heterocycles. The second kappa shape index (κ2) is 7.38. The van der Waals surface area contributed by atoms with Gasteiger partial charge in [-0.25, -0.2) is 0 Å². The van der Waals surface area contributed by atoms with Gasteiger partial charge in [0.2, 0.25) is 5.91 Å². The molecular formula is C15H29N3O2. The number of ether oxygens (including phenoxy) is 1. The van der Waals surface area contributed by atoms with E-state index in [9.17, 15) is 4.79 Å². The van der Waals surface area contributed by atoms with Crippen molar-refractivity contribution in [2.45, 2.75) is 31.7 Å². The summed E-state index contributed by atoms with van der Waals surface area (Å²) < 4.78 is 11.9. The summed E-state index contributed by atoms with van der Waals surface area (Å²) in [6.07, 6.45) is 4.80. The van der Waals surface area contributed by atoms with Crippen LogP contribution in [0.25, 0.3) is 0 Å². The lowest BCUT2D eigenvalue weighted by molar-refractivity contribution is -0.135. The van der Waals surface area contributed by atoms with E-state index in [0.29, 0.717) is 0 Å². The normalized spacial score (nSPS) is 25.5. The van der Waals surface area contributed by atoms with Gasteiger partial charge in [-0.2, -0.15) is 0 Å². The van der Waals surface area contributed by atoms with Crippen LogP contribution in [0, 0.1) is 11.8 Å². The summed E-state index contributed by atoms with van der Waals surface area (Å²) in [5, 5.41) is 0. The molecule has 2 aliphatic heterocycles. The van der Waals surface area contributed by atoms with E-state index in [1.165, 1.54) is 25.9 Å². The fraction of sp³-hybridized carbons (Fsp3) is 0.933. The third-order valence-electron chi connectivity index (χ3n) is 4.90. The van der Waals surface area contributed by atoms with Gasteiger partial charge in [0, 0.05) is 20.2 Å². The predicted molar refractivity (Wildman–Crippen MR) is 79.4 cm³/mol. The zero-order valence-corrected chi connectivity index (χ0v) is 12.6. The Labute approximate surface area is 123 Å².